The van der Waals surface area contributed by atoms with E-state index in [1.807, 2.05) is 0 Å². The third kappa shape index (κ3) is 3.81. The summed E-state index contributed by atoms with van der Waals surface area (Å²) in [5.41, 5.74) is 0.597. The molecule has 0 atom stereocenters. The van der Waals surface area contributed by atoms with Gasteiger partial charge in [-0.3, -0.25) is 9.48 Å². The normalized spacial score (nSPS) is 15.3. The maximum absolute atomic E-state index is 12.0. The second-order valence-electron chi connectivity index (χ2n) is 5.94. The van der Waals surface area contributed by atoms with Gasteiger partial charge in [0.2, 0.25) is 11.8 Å². The summed E-state index contributed by atoms with van der Waals surface area (Å²) in [5, 5.41) is 7.01. The Morgan fingerprint density at radius 2 is 2.21 bits per heavy atom. The quantitative estimate of drug-likeness (QED) is 0.875. The number of amides is 1. The fourth-order valence-corrected chi connectivity index (χ4v) is 2.81. The highest BCUT2D eigenvalue weighted by Crippen LogP contribution is 2.21. The first-order valence-electron chi connectivity index (χ1n) is 8.04. The van der Waals surface area contributed by atoms with Crippen LogP contribution in [0.1, 0.15) is 23.2 Å². The van der Waals surface area contributed by atoms with Crippen LogP contribution in [0.4, 0.5) is 5.95 Å². The van der Waals surface area contributed by atoms with Crippen LogP contribution < -0.4 is 15.0 Å². The van der Waals surface area contributed by atoms with Gasteiger partial charge in [-0.15, -0.1) is 0 Å². The molecule has 2 aromatic heterocycles. The van der Waals surface area contributed by atoms with E-state index in [-0.39, 0.29) is 5.91 Å². The van der Waals surface area contributed by atoms with Gasteiger partial charge in [0.05, 0.1) is 18.9 Å². The van der Waals surface area contributed by atoms with Crippen LogP contribution in [0.25, 0.3) is 0 Å². The summed E-state index contributed by atoms with van der Waals surface area (Å²) in [6, 6.07) is 1.74. The van der Waals surface area contributed by atoms with E-state index in [9.17, 15) is 4.79 Å². The highest BCUT2D eigenvalue weighted by Gasteiger charge is 2.22. The second kappa shape index (κ2) is 7.29. The van der Waals surface area contributed by atoms with Crippen molar-refractivity contribution in [2.45, 2.75) is 12.8 Å². The molecule has 0 bridgehead atoms. The molecule has 0 saturated carbocycles. The minimum atomic E-state index is -0.0679. The predicted molar refractivity (Wildman–Crippen MR) is 89.1 cm³/mol. The zero-order valence-corrected chi connectivity index (χ0v) is 14.0. The summed E-state index contributed by atoms with van der Waals surface area (Å²) in [5.74, 6) is 1.67. The number of anilines is 1. The van der Waals surface area contributed by atoms with Gasteiger partial charge in [-0.1, -0.05) is 0 Å². The zero-order chi connectivity index (χ0) is 16.9. The van der Waals surface area contributed by atoms with E-state index in [0.29, 0.717) is 29.9 Å². The smallest absolute Gasteiger partial charge is 0.254 e. The molecule has 3 rings (SSSR count). The molecule has 1 N–H and O–H groups in total. The number of ether oxygens (including phenoxy) is 1. The lowest BCUT2D eigenvalue weighted by Crippen LogP contribution is -2.39. The highest BCUT2D eigenvalue weighted by atomic mass is 16.5. The largest absolute Gasteiger partial charge is 0.481 e. The third-order valence-electron chi connectivity index (χ3n) is 4.24. The highest BCUT2D eigenvalue weighted by molar-refractivity contribution is 5.93. The Kier molecular flexibility index (Phi) is 4.93. The van der Waals surface area contributed by atoms with Gasteiger partial charge in [-0.25, -0.2) is 4.98 Å². The summed E-state index contributed by atoms with van der Waals surface area (Å²) >= 11 is 0. The number of carbonyl (C=O) groups is 1. The van der Waals surface area contributed by atoms with Crippen LogP contribution in [-0.4, -0.2) is 52.4 Å². The molecule has 2 aromatic rings. The molecule has 1 saturated heterocycles. The van der Waals surface area contributed by atoms with E-state index >= 15 is 0 Å². The van der Waals surface area contributed by atoms with Crippen LogP contribution in [0.2, 0.25) is 0 Å². The van der Waals surface area contributed by atoms with Crippen LogP contribution in [-0.2, 0) is 7.05 Å². The van der Waals surface area contributed by atoms with Crippen LogP contribution >= 0.6 is 0 Å². The lowest BCUT2D eigenvalue weighted by Gasteiger charge is -2.32. The minimum absolute atomic E-state index is 0.0679. The molecule has 1 aliphatic heterocycles. The number of piperidine rings is 1. The van der Waals surface area contributed by atoms with Crippen molar-refractivity contribution in [1.82, 2.24) is 25.1 Å². The molecule has 3 heterocycles. The first kappa shape index (κ1) is 16.2. The summed E-state index contributed by atoms with van der Waals surface area (Å²) in [6.45, 7) is 2.43. The number of rotatable bonds is 5. The number of aromatic nitrogens is 4. The maximum Gasteiger partial charge on any atom is 0.254 e. The van der Waals surface area contributed by atoms with Crippen molar-refractivity contribution in [2.24, 2.45) is 13.0 Å². The summed E-state index contributed by atoms with van der Waals surface area (Å²) in [4.78, 5) is 22.9. The Labute approximate surface area is 140 Å². The van der Waals surface area contributed by atoms with Crippen molar-refractivity contribution >= 4 is 11.9 Å². The molecule has 8 heteroatoms. The number of hydrogen-bond donors (Lipinski definition) is 1. The standard InChI is InChI=1S/C16H22N6O2/c1-21-11-13(10-19-21)15(23)18-9-12-4-7-22(8-5-12)16-17-6-3-14(20-16)24-2/h3,6,10-12H,4-5,7-9H2,1-2H3,(H,18,23). The fraction of sp³-hybridized carbons (Fsp3) is 0.500. The van der Waals surface area contributed by atoms with E-state index in [2.05, 4.69) is 25.3 Å². The van der Waals surface area contributed by atoms with Crippen molar-refractivity contribution in [1.29, 1.82) is 0 Å². The molecule has 1 amide bonds. The average Bonchev–Trinajstić information content (AvgIpc) is 3.06. The molecular formula is C16H22N6O2. The predicted octanol–water partition coefficient (Wildman–Crippen LogP) is 0.865. The fourth-order valence-electron chi connectivity index (χ4n) is 2.81. The van der Waals surface area contributed by atoms with Gasteiger partial charge in [0.1, 0.15) is 0 Å². The van der Waals surface area contributed by atoms with E-state index in [4.69, 9.17) is 4.74 Å². The Hall–Kier alpha value is -2.64. The van der Waals surface area contributed by atoms with E-state index in [1.54, 1.807) is 43.5 Å². The number of aryl methyl sites for hydroxylation is 1. The first-order valence-corrected chi connectivity index (χ1v) is 8.04. The number of methoxy groups -OCH3 is 1. The van der Waals surface area contributed by atoms with E-state index in [1.165, 1.54) is 0 Å². The molecular weight excluding hydrogens is 308 g/mol. The molecule has 24 heavy (non-hydrogen) atoms. The molecule has 0 aliphatic carbocycles. The number of nitrogens with one attached hydrogen (secondary N) is 1. The van der Waals surface area contributed by atoms with Crippen LogP contribution in [0.5, 0.6) is 5.88 Å². The van der Waals surface area contributed by atoms with Crippen LogP contribution in [0, 0.1) is 5.92 Å². The average molecular weight is 330 g/mol. The van der Waals surface area contributed by atoms with Crippen molar-refractivity contribution < 1.29 is 9.53 Å². The van der Waals surface area contributed by atoms with Crippen molar-refractivity contribution in [2.75, 3.05) is 31.6 Å². The second-order valence-corrected chi connectivity index (χ2v) is 5.94. The Bertz CT molecular complexity index is 693. The molecule has 0 spiro atoms. The van der Waals surface area contributed by atoms with Gasteiger partial charge >= 0.3 is 0 Å². The lowest BCUT2D eigenvalue weighted by molar-refractivity contribution is 0.0945. The molecule has 1 aliphatic rings. The van der Waals surface area contributed by atoms with Crippen molar-refractivity contribution in [3.8, 4) is 5.88 Å². The molecule has 128 valence electrons. The van der Waals surface area contributed by atoms with E-state index in [0.717, 1.165) is 25.9 Å². The lowest BCUT2D eigenvalue weighted by atomic mass is 9.97. The Balaban J connectivity index is 1.47. The third-order valence-corrected chi connectivity index (χ3v) is 4.24. The van der Waals surface area contributed by atoms with Gasteiger partial charge in [-0.05, 0) is 18.8 Å². The first-order chi connectivity index (χ1) is 11.7. The van der Waals surface area contributed by atoms with Gasteiger partial charge in [-0.2, -0.15) is 10.1 Å². The molecule has 8 nitrogen and oxygen atoms in total. The van der Waals surface area contributed by atoms with Gasteiger partial charge in [0.15, 0.2) is 0 Å². The summed E-state index contributed by atoms with van der Waals surface area (Å²) in [6.07, 6.45) is 7.00. The van der Waals surface area contributed by atoms with Crippen LogP contribution in [0.3, 0.4) is 0 Å². The summed E-state index contributed by atoms with van der Waals surface area (Å²) < 4.78 is 6.77. The monoisotopic (exact) mass is 330 g/mol. The van der Waals surface area contributed by atoms with Gasteiger partial charge in [0.25, 0.3) is 5.91 Å². The van der Waals surface area contributed by atoms with Crippen LogP contribution in [0.15, 0.2) is 24.7 Å². The zero-order valence-electron chi connectivity index (χ0n) is 14.0. The summed E-state index contributed by atoms with van der Waals surface area (Å²) in [7, 11) is 3.40. The molecule has 0 aromatic carbocycles. The molecule has 1 fully saturated rings. The minimum Gasteiger partial charge on any atom is -0.481 e. The number of nitrogens with zero attached hydrogens (tertiary/aromatic N) is 5. The van der Waals surface area contributed by atoms with Gasteiger partial charge < -0.3 is 15.0 Å². The number of carbonyl (C=O) groups excluding carboxylic acids is 1. The topological polar surface area (TPSA) is 85.2 Å². The van der Waals surface area contributed by atoms with Crippen molar-refractivity contribution in [3.63, 3.8) is 0 Å². The molecule has 0 unspecified atom stereocenters. The van der Waals surface area contributed by atoms with Crippen molar-refractivity contribution in [3.05, 3.63) is 30.2 Å². The number of hydrogen-bond acceptors (Lipinski definition) is 6. The maximum atomic E-state index is 12.0. The Morgan fingerprint density at radius 3 is 2.88 bits per heavy atom. The van der Waals surface area contributed by atoms with Gasteiger partial charge in [0, 0.05) is 45.1 Å². The molecule has 0 radical (unpaired) electrons. The van der Waals surface area contributed by atoms with E-state index < -0.39 is 0 Å². The SMILES string of the molecule is COc1ccnc(N2CCC(CNC(=O)c3cnn(C)c3)CC2)n1. The Morgan fingerprint density at radius 1 is 1.42 bits per heavy atom.